The first kappa shape index (κ1) is 12.2. The molecule has 0 bridgehead atoms. The lowest BCUT2D eigenvalue weighted by Crippen LogP contribution is -2.44. The van der Waals surface area contributed by atoms with Crippen LogP contribution in [0.25, 0.3) is 0 Å². The predicted molar refractivity (Wildman–Crippen MR) is 54.1 cm³/mol. The maximum absolute atomic E-state index is 11.2. The van der Waals surface area contributed by atoms with Crippen LogP contribution in [0.1, 0.15) is 39.5 Å². The molecule has 4 heteroatoms. The lowest BCUT2D eigenvalue weighted by Gasteiger charge is -2.21. The van der Waals surface area contributed by atoms with Crippen LogP contribution in [0.2, 0.25) is 0 Å². The normalized spacial score (nSPS) is 9.77. The molecule has 13 heavy (non-hydrogen) atoms. The molecule has 0 aliphatic rings. The van der Waals surface area contributed by atoms with E-state index in [1.807, 2.05) is 0 Å². The maximum Gasteiger partial charge on any atom is 0.331 e. The van der Waals surface area contributed by atoms with E-state index in [9.17, 15) is 4.79 Å². The first-order valence-electron chi connectivity index (χ1n) is 5.01. The minimum absolute atomic E-state index is 0.165. The molecule has 0 saturated carbocycles. The first-order valence-corrected chi connectivity index (χ1v) is 5.01. The zero-order valence-electron chi connectivity index (χ0n) is 8.68. The summed E-state index contributed by atoms with van der Waals surface area (Å²) < 4.78 is 0. The number of amides is 2. The second-order valence-corrected chi connectivity index (χ2v) is 3.14. The van der Waals surface area contributed by atoms with Crippen molar-refractivity contribution in [1.82, 2.24) is 10.3 Å². The van der Waals surface area contributed by atoms with Gasteiger partial charge in [0.25, 0.3) is 0 Å². The van der Waals surface area contributed by atoms with Gasteiger partial charge in [-0.05, 0) is 12.8 Å². The van der Waals surface area contributed by atoms with Crippen LogP contribution in [0.5, 0.6) is 0 Å². The van der Waals surface area contributed by atoms with Crippen LogP contribution in [-0.2, 0) is 0 Å². The molecule has 0 aromatic carbocycles. The van der Waals surface area contributed by atoms with Gasteiger partial charge < -0.3 is 4.90 Å². The highest BCUT2D eigenvalue weighted by molar-refractivity contribution is 5.73. The number of urea groups is 1. The molecule has 0 aliphatic heterocycles. The molecular formula is C9H21N3O. The number of rotatable bonds is 6. The number of nitrogens with one attached hydrogen (secondary N) is 1. The molecule has 0 saturated heterocycles. The van der Waals surface area contributed by atoms with Crippen LogP contribution >= 0.6 is 0 Å². The molecule has 0 atom stereocenters. The van der Waals surface area contributed by atoms with E-state index in [0.29, 0.717) is 0 Å². The zero-order chi connectivity index (χ0) is 10.1. The van der Waals surface area contributed by atoms with Crippen molar-refractivity contribution in [2.45, 2.75) is 39.5 Å². The number of hydrazine groups is 1. The van der Waals surface area contributed by atoms with E-state index < -0.39 is 0 Å². The fourth-order valence-corrected chi connectivity index (χ4v) is 1.10. The second-order valence-electron chi connectivity index (χ2n) is 3.14. The Kier molecular flexibility index (Phi) is 7.39. The number of unbranched alkanes of at least 4 members (excludes halogenated alkanes) is 2. The van der Waals surface area contributed by atoms with Gasteiger partial charge in [-0.1, -0.05) is 26.7 Å². The summed E-state index contributed by atoms with van der Waals surface area (Å²) in [7, 11) is 0. The van der Waals surface area contributed by atoms with Gasteiger partial charge in [-0.15, -0.1) is 0 Å². The summed E-state index contributed by atoms with van der Waals surface area (Å²) in [5, 5.41) is 0. The molecule has 0 aromatic heterocycles. The molecule has 0 heterocycles. The molecule has 0 unspecified atom stereocenters. The summed E-state index contributed by atoms with van der Waals surface area (Å²) in [6, 6.07) is -0.165. The van der Waals surface area contributed by atoms with Crippen molar-refractivity contribution in [3.63, 3.8) is 0 Å². The van der Waals surface area contributed by atoms with Gasteiger partial charge in [0.05, 0.1) is 0 Å². The summed E-state index contributed by atoms with van der Waals surface area (Å²) in [6.45, 7) is 5.83. The van der Waals surface area contributed by atoms with E-state index >= 15 is 0 Å². The van der Waals surface area contributed by atoms with Crippen molar-refractivity contribution in [2.24, 2.45) is 5.84 Å². The maximum atomic E-state index is 11.2. The Morgan fingerprint density at radius 1 is 1.23 bits per heavy atom. The molecule has 0 aliphatic carbocycles. The van der Waals surface area contributed by atoms with Gasteiger partial charge in [0.2, 0.25) is 0 Å². The summed E-state index contributed by atoms with van der Waals surface area (Å²) in [4.78, 5) is 13.0. The number of carbonyl (C=O) groups is 1. The summed E-state index contributed by atoms with van der Waals surface area (Å²) in [5.41, 5.74) is 2.17. The lowest BCUT2D eigenvalue weighted by molar-refractivity contribution is 0.196. The highest BCUT2D eigenvalue weighted by atomic mass is 16.2. The third-order valence-electron chi connectivity index (χ3n) is 1.97. The van der Waals surface area contributed by atoms with Crippen molar-refractivity contribution in [2.75, 3.05) is 13.1 Å². The summed E-state index contributed by atoms with van der Waals surface area (Å²) in [5.74, 6) is 5.08. The molecule has 0 fully saturated rings. The predicted octanol–water partition coefficient (Wildman–Crippen LogP) is 1.47. The first-order chi connectivity index (χ1) is 6.26. The molecule has 78 valence electrons. The minimum atomic E-state index is -0.165. The van der Waals surface area contributed by atoms with Crippen LogP contribution in [0, 0.1) is 0 Å². The average Bonchev–Trinajstić information content (AvgIpc) is 2.17. The van der Waals surface area contributed by atoms with E-state index in [4.69, 9.17) is 5.84 Å². The molecule has 0 spiro atoms. The molecular weight excluding hydrogens is 166 g/mol. The number of hydrogen-bond donors (Lipinski definition) is 2. The monoisotopic (exact) mass is 187 g/mol. The van der Waals surface area contributed by atoms with Crippen molar-refractivity contribution in [1.29, 1.82) is 0 Å². The van der Waals surface area contributed by atoms with Gasteiger partial charge in [-0.2, -0.15) is 0 Å². The SMILES string of the molecule is CCCCN(CCCC)C(=O)NN. The largest absolute Gasteiger partial charge is 0.331 e. The Labute approximate surface area is 80.4 Å². The Bertz CT molecular complexity index is 131. The Balaban J connectivity index is 3.79. The van der Waals surface area contributed by atoms with Crippen molar-refractivity contribution >= 4 is 6.03 Å². The molecule has 2 amide bonds. The number of carbonyl (C=O) groups excluding carboxylic acids is 1. The molecule has 0 radical (unpaired) electrons. The number of nitrogens with zero attached hydrogens (tertiary/aromatic N) is 1. The Morgan fingerprint density at radius 2 is 1.69 bits per heavy atom. The van der Waals surface area contributed by atoms with Crippen molar-refractivity contribution < 1.29 is 4.79 Å². The van der Waals surface area contributed by atoms with Crippen LogP contribution in [0.3, 0.4) is 0 Å². The third kappa shape index (κ3) is 5.47. The van der Waals surface area contributed by atoms with Gasteiger partial charge in [0, 0.05) is 13.1 Å². The molecule has 0 rings (SSSR count). The fraction of sp³-hybridized carbons (Fsp3) is 0.889. The number of nitrogens with two attached hydrogens (primary N) is 1. The Hall–Kier alpha value is -0.770. The van der Waals surface area contributed by atoms with Gasteiger partial charge in [0.1, 0.15) is 0 Å². The highest BCUT2D eigenvalue weighted by Crippen LogP contribution is 1.98. The van der Waals surface area contributed by atoms with Gasteiger partial charge in [-0.25, -0.2) is 10.6 Å². The zero-order valence-corrected chi connectivity index (χ0v) is 8.68. The minimum Gasteiger partial charge on any atom is -0.324 e. The van der Waals surface area contributed by atoms with Crippen LogP contribution in [-0.4, -0.2) is 24.0 Å². The summed E-state index contributed by atoms with van der Waals surface area (Å²) in [6.07, 6.45) is 4.27. The molecule has 4 nitrogen and oxygen atoms in total. The van der Waals surface area contributed by atoms with E-state index in [0.717, 1.165) is 38.8 Å². The van der Waals surface area contributed by atoms with E-state index in [1.54, 1.807) is 4.90 Å². The van der Waals surface area contributed by atoms with E-state index in [2.05, 4.69) is 19.3 Å². The van der Waals surface area contributed by atoms with E-state index in [-0.39, 0.29) is 6.03 Å². The summed E-state index contributed by atoms with van der Waals surface area (Å²) >= 11 is 0. The van der Waals surface area contributed by atoms with Crippen LogP contribution in [0.15, 0.2) is 0 Å². The fourth-order valence-electron chi connectivity index (χ4n) is 1.10. The van der Waals surface area contributed by atoms with Crippen molar-refractivity contribution in [3.05, 3.63) is 0 Å². The third-order valence-corrected chi connectivity index (χ3v) is 1.97. The smallest absolute Gasteiger partial charge is 0.324 e. The van der Waals surface area contributed by atoms with Crippen LogP contribution < -0.4 is 11.3 Å². The topological polar surface area (TPSA) is 58.4 Å². The van der Waals surface area contributed by atoms with Gasteiger partial charge in [-0.3, -0.25) is 5.43 Å². The molecule has 0 aromatic rings. The number of hydrogen-bond acceptors (Lipinski definition) is 2. The van der Waals surface area contributed by atoms with E-state index in [1.165, 1.54) is 0 Å². The second kappa shape index (κ2) is 7.86. The lowest BCUT2D eigenvalue weighted by atomic mass is 10.3. The standard InChI is InChI=1S/C9H21N3O/c1-3-5-7-12(8-6-4-2)9(13)11-10/h3-8,10H2,1-2H3,(H,11,13). The van der Waals surface area contributed by atoms with Crippen molar-refractivity contribution in [3.8, 4) is 0 Å². The van der Waals surface area contributed by atoms with Gasteiger partial charge >= 0.3 is 6.03 Å². The van der Waals surface area contributed by atoms with Crippen LogP contribution in [0.4, 0.5) is 4.79 Å². The average molecular weight is 187 g/mol. The quantitative estimate of drug-likeness (QED) is 0.376. The Morgan fingerprint density at radius 3 is 2.00 bits per heavy atom. The van der Waals surface area contributed by atoms with Gasteiger partial charge in [0.15, 0.2) is 0 Å². The molecule has 3 N–H and O–H groups in total. The highest BCUT2D eigenvalue weighted by Gasteiger charge is 2.09.